The number of hydrogen-bond donors (Lipinski definition) is 1. The molecule has 0 radical (unpaired) electrons. The Bertz CT molecular complexity index is 349. The topological polar surface area (TPSA) is 38.7 Å². The van der Waals surface area contributed by atoms with Crippen molar-refractivity contribution in [3.8, 4) is 5.75 Å². The summed E-state index contributed by atoms with van der Waals surface area (Å²) >= 11 is 0. The summed E-state index contributed by atoms with van der Waals surface area (Å²) in [5, 5.41) is 10.9. The van der Waals surface area contributed by atoms with E-state index in [9.17, 15) is 5.11 Å². The maximum atomic E-state index is 10.1. The molecule has 0 aliphatic rings. The van der Waals surface area contributed by atoms with Gasteiger partial charge in [0.1, 0.15) is 5.75 Å². The Morgan fingerprint density at radius 1 is 1.06 bits per heavy atom. The smallest absolute Gasteiger partial charge is 0.376 e. The van der Waals surface area contributed by atoms with E-state index in [1.165, 1.54) is 0 Å². The molecule has 0 bridgehead atoms. The first kappa shape index (κ1) is 15.2. The molecule has 1 atom stereocenters. The minimum absolute atomic E-state index is 0.294. The zero-order chi connectivity index (χ0) is 13.4. The lowest BCUT2D eigenvalue weighted by Crippen LogP contribution is -2.54. The van der Waals surface area contributed by atoms with Crippen molar-refractivity contribution in [3.05, 3.63) is 24.3 Å². The van der Waals surface area contributed by atoms with Crippen molar-refractivity contribution in [3.63, 3.8) is 0 Å². The van der Waals surface area contributed by atoms with Crippen LogP contribution in [0.5, 0.6) is 5.75 Å². The van der Waals surface area contributed by atoms with Gasteiger partial charge in [-0.2, -0.15) is 0 Å². The van der Waals surface area contributed by atoms with Crippen LogP contribution in [-0.2, 0) is 8.85 Å². The van der Waals surface area contributed by atoms with Gasteiger partial charge in [-0.1, -0.05) is 38.5 Å². The highest BCUT2D eigenvalue weighted by atomic mass is 28.4. The predicted octanol–water partition coefficient (Wildman–Crippen LogP) is 2.91. The van der Waals surface area contributed by atoms with Crippen LogP contribution in [0.2, 0.25) is 6.04 Å². The van der Waals surface area contributed by atoms with Crippen molar-refractivity contribution in [2.75, 3.05) is 13.2 Å². The van der Waals surface area contributed by atoms with Gasteiger partial charge in [-0.3, -0.25) is 0 Å². The van der Waals surface area contributed by atoms with Crippen LogP contribution in [0, 0.1) is 0 Å². The zero-order valence-electron chi connectivity index (χ0n) is 11.6. The van der Waals surface area contributed by atoms with Crippen LogP contribution in [0.1, 0.15) is 33.6 Å². The van der Waals surface area contributed by atoms with E-state index in [0.717, 1.165) is 24.1 Å². The number of aromatic hydroxyl groups is 1. The molecule has 3 nitrogen and oxygen atoms in total. The molecule has 4 heteroatoms. The minimum Gasteiger partial charge on any atom is -0.508 e. The number of benzene rings is 1. The lowest BCUT2D eigenvalue weighted by Gasteiger charge is -2.30. The van der Waals surface area contributed by atoms with Crippen LogP contribution in [0.4, 0.5) is 0 Å². The second-order valence-electron chi connectivity index (χ2n) is 4.30. The molecule has 18 heavy (non-hydrogen) atoms. The van der Waals surface area contributed by atoms with Gasteiger partial charge in [-0.15, -0.1) is 0 Å². The van der Waals surface area contributed by atoms with Gasteiger partial charge in [0.05, 0.1) is 0 Å². The average Bonchev–Trinajstić information content (AvgIpc) is 2.37. The molecule has 1 unspecified atom stereocenters. The fourth-order valence-corrected chi connectivity index (χ4v) is 5.54. The summed E-state index contributed by atoms with van der Waals surface area (Å²) in [7, 11) is -2.49. The SMILES string of the molecule is CCCO[Si](CCC)(OCC)c1ccccc1O. The van der Waals surface area contributed by atoms with Crippen molar-refractivity contribution in [1.29, 1.82) is 0 Å². The summed E-state index contributed by atoms with van der Waals surface area (Å²) in [6.45, 7) is 7.48. The second kappa shape index (κ2) is 7.56. The molecule has 0 amide bonds. The van der Waals surface area contributed by atoms with Crippen LogP contribution < -0.4 is 5.19 Å². The molecule has 0 heterocycles. The van der Waals surface area contributed by atoms with Gasteiger partial charge < -0.3 is 14.0 Å². The first-order valence-corrected chi connectivity index (χ1v) is 8.79. The van der Waals surface area contributed by atoms with Crippen molar-refractivity contribution in [2.24, 2.45) is 0 Å². The molecule has 0 aliphatic heterocycles. The van der Waals surface area contributed by atoms with Gasteiger partial charge in [0.25, 0.3) is 0 Å². The number of hydrogen-bond acceptors (Lipinski definition) is 3. The molecule has 0 fully saturated rings. The molecule has 1 N–H and O–H groups in total. The Hall–Kier alpha value is -0.843. The lowest BCUT2D eigenvalue weighted by atomic mass is 10.3. The molecule has 102 valence electrons. The van der Waals surface area contributed by atoms with E-state index < -0.39 is 8.56 Å². The third-order valence-corrected chi connectivity index (χ3v) is 6.64. The molecule has 0 saturated heterocycles. The van der Waals surface area contributed by atoms with Gasteiger partial charge in [-0.25, -0.2) is 0 Å². The van der Waals surface area contributed by atoms with Gasteiger partial charge in [0.2, 0.25) is 0 Å². The van der Waals surface area contributed by atoms with E-state index >= 15 is 0 Å². The monoisotopic (exact) mass is 268 g/mol. The van der Waals surface area contributed by atoms with Crippen molar-refractivity contribution in [1.82, 2.24) is 0 Å². The molecule has 1 aromatic rings. The normalized spacial score (nSPS) is 14.4. The maximum Gasteiger partial charge on any atom is 0.376 e. The first-order chi connectivity index (χ1) is 8.70. The maximum absolute atomic E-state index is 10.1. The first-order valence-electron chi connectivity index (χ1n) is 6.76. The summed E-state index contributed by atoms with van der Waals surface area (Å²) in [5.41, 5.74) is 0. The highest BCUT2D eigenvalue weighted by molar-refractivity contribution is 6.81. The second-order valence-corrected chi connectivity index (χ2v) is 7.42. The largest absolute Gasteiger partial charge is 0.508 e. The molecular formula is C14H24O3Si. The van der Waals surface area contributed by atoms with E-state index in [0.29, 0.717) is 19.0 Å². The Balaban J connectivity index is 3.10. The van der Waals surface area contributed by atoms with Gasteiger partial charge in [-0.05, 0) is 25.5 Å². The highest BCUT2D eigenvalue weighted by Gasteiger charge is 2.40. The number of rotatable bonds is 8. The highest BCUT2D eigenvalue weighted by Crippen LogP contribution is 2.21. The molecule has 1 aromatic carbocycles. The predicted molar refractivity (Wildman–Crippen MR) is 76.5 cm³/mol. The van der Waals surface area contributed by atoms with Crippen LogP contribution in [0.3, 0.4) is 0 Å². The Morgan fingerprint density at radius 2 is 1.78 bits per heavy atom. The fraction of sp³-hybridized carbons (Fsp3) is 0.571. The van der Waals surface area contributed by atoms with Crippen LogP contribution in [-0.4, -0.2) is 26.9 Å². The Kier molecular flexibility index (Phi) is 6.39. The van der Waals surface area contributed by atoms with Crippen molar-refractivity contribution >= 4 is 13.7 Å². The summed E-state index contributed by atoms with van der Waals surface area (Å²) in [4.78, 5) is 0. The van der Waals surface area contributed by atoms with Crippen molar-refractivity contribution in [2.45, 2.75) is 39.7 Å². The Morgan fingerprint density at radius 3 is 2.33 bits per heavy atom. The summed E-state index contributed by atoms with van der Waals surface area (Å²) in [6, 6.07) is 8.28. The van der Waals surface area contributed by atoms with E-state index in [1.807, 2.05) is 25.1 Å². The van der Waals surface area contributed by atoms with E-state index in [1.54, 1.807) is 6.07 Å². The van der Waals surface area contributed by atoms with Gasteiger partial charge >= 0.3 is 8.56 Å². The van der Waals surface area contributed by atoms with E-state index in [2.05, 4.69) is 13.8 Å². The summed E-state index contributed by atoms with van der Waals surface area (Å²) < 4.78 is 12.1. The molecule has 0 spiro atoms. The van der Waals surface area contributed by atoms with E-state index in [4.69, 9.17) is 8.85 Å². The van der Waals surface area contributed by atoms with Crippen molar-refractivity contribution < 1.29 is 14.0 Å². The molecule has 0 aromatic heterocycles. The minimum atomic E-state index is -2.49. The quantitative estimate of drug-likeness (QED) is 0.737. The zero-order valence-corrected chi connectivity index (χ0v) is 12.6. The molecule has 0 saturated carbocycles. The molecule has 0 aliphatic carbocycles. The number of para-hydroxylation sites is 1. The van der Waals surface area contributed by atoms with Crippen LogP contribution >= 0.6 is 0 Å². The van der Waals surface area contributed by atoms with Crippen LogP contribution in [0.25, 0.3) is 0 Å². The Labute approximate surface area is 111 Å². The van der Waals surface area contributed by atoms with Gasteiger partial charge in [0, 0.05) is 18.4 Å². The molecular weight excluding hydrogens is 244 g/mol. The number of phenols is 1. The van der Waals surface area contributed by atoms with Gasteiger partial charge in [0.15, 0.2) is 0 Å². The third-order valence-electron chi connectivity index (χ3n) is 2.81. The summed E-state index contributed by atoms with van der Waals surface area (Å²) in [6.07, 6.45) is 1.95. The standard InChI is InChI=1S/C14H24O3Si/c1-4-11-17-18(12-5-2,16-6-3)14-10-8-7-9-13(14)15/h7-10,15H,4-6,11-12H2,1-3H3. The lowest BCUT2D eigenvalue weighted by molar-refractivity contribution is 0.186. The van der Waals surface area contributed by atoms with Crippen LogP contribution in [0.15, 0.2) is 24.3 Å². The average molecular weight is 268 g/mol. The molecule has 1 rings (SSSR count). The summed E-state index contributed by atoms with van der Waals surface area (Å²) in [5.74, 6) is 0.294. The van der Waals surface area contributed by atoms with E-state index in [-0.39, 0.29) is 0 Å². The third kappa shape index (κ3) is 3.57. The fourth-order valence-electron chi connectivity index (χ4n) is 2.10. The number of phenolic OH excluding ortho intramolecular Hbond substituents is 1.